The molecule has 7 heteroatoms. The molecule has 1 aliphatic heterocycles. The lowest BCUT2D eigenvalue weighted by Crippen LogP contribution is -2.31. The summed E-state index contributed by atoms with van der Waals surface area (Å²) in [5.41, 5.74) is 0.455. The number of likely N-dealkylation sites (tertiary alicyclic amines) is 1. The third-order valence-corrected chi connectivity index (χ3v) is 5.14. The summed E-state index contributed by atoms with van der Waals surface area (Å²) >= 11 is 0. The molecule has 6 nitrogen and oxygen atoms in total. The van der Waals surface area contributed by atoms with Gasteiger partial charge in [-0.25, -0.2) is 9.37 Å². The van der Waals surface area contributed by atoms with Crippen molar-refractivity contribution < 1.29 is 9.18 Å². The molecule has 0 bridgehead atoms. The highest BCUT2D eigenvalue weighted by atomic mass is 19.1. The van der Waals surface area contributed by atoms with Gasteiger partial charge < -0.3 is 10.2 Å². The number of rotatable bonds is 7. The molecule has 0 radical (unpaired) electrons. The van der Waals surface area contributed by atoms with Gasteiger partial charge in [-0.05, 0) is 70.1 Å². The first-order valence-electron chi connectivity index (χ1n) is 9.70. The van der Waals surface area contributed by atoms with Crippen molar-refractivity contribution in [3.8, 4) is 0 Å². The first kappa shape index (κ1) is 19.5. The maximum Gasteiger partial charge on any atom is 0.251 e. The van der Waals surface area contributed by atoms with Crippen molar-refractivity contribution in [3.63, 3.8) is 0 Å². The number of hydrogen-bond donors (Lipinski definition) is 1. The van der Waals surface area contributed by atoms with Gasteiger partial charge in [0.15, 0.2) is 5.82 Å². The maximum absolute atomic E-state index is 12.9. The molecule has 2 aromatic rings. The first-order valence-corrected chi connectivity index (χ1v) is 9.70. The van der Waals surface area contributed by atoms with Crippen molar-refractivity contribution in [1.82, 2.24) is 25.0 Å². The van der Waals surface area contributed by atoms with Crippen molar-refractivity contribution in [2.75, 3.05) is 26.7 Å². The van der Waals surface area contributed by atoms with E-state index in [-0.39, 0.29) is 11.7 Å². The second-order valence-electron chi connectivity index (χ2n) is 7.22. The topological polar surface area (TPSA) is 63.1 Å². The normalized spacial score (nSPS) is 15.8. The molecule has 1 aromatic carbocycles. The summed E-state index contributed by atoms with van der Waals surface area (Å²) < 4.78 is 14.9. The van der Waals surface area contributed by atoms with E-state index in [2.05, 4.69) is 29.3 Å². The molecule has 27 heavy (non-hydrogen) atoms. The molecule has 1 aromatic heterocycles. The number of nitrogens with one attached hydrogen (secondary N) is 1. The molecule has 0 unspecified atom stereocenters. The lowest BCUT2D eigenvalue weighted by Gasteiger charge is -2.28. The first-order chi connectivity index (χ1) is 13.0. The predicted octanol–water partition coefficient (Wildman–Crippen LogP) is 2.29. The standard InChI is InChI=1S/C20H28FN5O/c1-3-26-19(8-11-22-20(27)16-4-6-17(21)7-5-16)23-18(24-26)14-15-9-12-25(2)13-10-15/h4-7,15H,3,8-14H2,1-2H3,(H,22,27). The minimum absolute atomic E-state index is 0.205. The van der Waals surface area contributed by atoms with Gasteiger partial charge in [-0.2, -0.15) is 5.10 Å². The fourth-order valence-electron chi connectivity index (χ4n) is 3.47. The highest BCUT2D eigenvalue weighted by molar-refractivity contribution is 5.94. The number of aryl methyl sites for hydroxylation is 1. The highest BCUT2D eigenvalue weighted by Gasteiger charge is 2.19. The largest absolute Gasteiger partial charge is 0.352 e. The molecule has 1 amide bonds. The smallest absolute Gasteiger partial charge is 0.251 e. The van der Waals surface area contributed by atoms with Crippen LogP contribution < -0.4 is 5.32 Å². The van der Waals surface area contributed by atoms with Gasteiger partial charge in [-0.3, -0.25) is 9.48 Å². The number of nitrogens with zero attached hydrogens (tertiary/aromatic N) is 4. The minimum atomic E-state index is -0.347. The molecular weight excluding hydrogens is 345 g/mol. The fraction of sp³-hybridized carbons (Fsp3) is 0.550. The quantitative estimate of drug-likeness (QED) is 0.809. The number of halogens is 1. The Balaban J connectivity index is 1.52. The summed E-state index contributed by atoms with van der Waals surface area (Å²) in [4.78, 5) is 19.2. The van der Waals surface area contributed by atoms with Crippen molar-refractivity contribution in [2.24, 2.45) is 5.92 Å². The predicted molar refractivity (Wildman–Crippen MR) is 102 cm³/mol. The second kappa shape index (κ2) is 9.08. The van der Waals surface area contributed by atoms with E-state index in [9.17, 15) is 9.18 Å². The van der Waals surface area contributed by atoms with E-state index >= 15 is 0 Å². The monoisotopic (exact) mass is 373 g/mol. The Kier molecular flexibility index (Phi) is 6.55. The number of carbonyl (C=O) groups excluding carboxylic acids is 1. The third-order valence-electron chi connectivity index (χ3n) is 5.14. The molecule has 0 atom stereocenters. The van der Waals surface area contributed by atoms with Crippen LogP contribution in [-0.4, -0.2) is 52.3 Å². The summed E-state index contributed by atoms with van der Waals surface area (Å²) in [6.45, 7) is 5.57. The second-order valence-corrected chi connectivity index (χ2v) is 7.22. The van der Waals surface area contributed by atoms with E-state index in [1.807, 2.05) is 4.68 Å². The van der Waals surface area contributed by atoms with Crippen LogP contribution in [0.4, 0.5) is 4.39 Å². The Morgan fingerprint density at radius 1 is 1.26 bits per heavy atom. The number of piperidine rings is 1. The Labute approximate surface area is 159 Å². The van der Waals surface area contributed by atoms with Gasteiger partial charge >= 0.3 is 0 Å². The van der Waals surface area contributed by atoms with Crippen LogP contribution in [0.1, 0.15) is 41.8 Å². The maximum atomic E-state index is 12.9. The summed E-state index contributed by atoms with van der Waals surface area (Å²) in [7, 11) is 2.17. The zero-order valence-electron chi connectivity index (χ0n) is 16.1. The van der Waals surface area contributed by atoms with E-state index in [0.29, 0.717) is 24.4 Å². The fourth-order valence-corrected chi connectivity index (χ4v) is 3.47. The van der Waals surface area contributed by atoms with Crippen LogP contribution in [0.5, 0.6) is 0 Å². The lowest BCUT2D eigenvalue weighted by molar-refractivity contribution is 0.0954. The lowest BCUT2D eigenvalue weighted by atomic mass is 9.94. The molecule has 3 rings (SSSR count). The van der Waals surface area contributed by atoms with E-state index in [0.717, 1.165) is 37.7 Å². The highest BCUT2D eigenvalue weighted by Crippen LogP contribution is 2.19. The number of hydrogen-bond acceptors (Lipinski definition) is 4. The van der Waals surface area contributed by atoms with Gasteiger partial charge in [0.25, 0.3) is 5.91 Å². The van der Waals surface area contributed by atoms with Crippen LogP contribution in [0.25, 0.3) is 0 Å². The average Bonchev–Trinajstić information content (AvgIpc) is 3.06. The molecule has 0 saturated carbocycles. The SMILES string of the molecule is CCn1nc(CC2CCN(C)CC2)nc1CCNC(=O)c1ccc(F)cc1. The third kappa shape index (κ3) is 5.35. The molecular formula is C20H28FN5O. The molecule has 2 heterocycles. The molecule has 0 spiro atoms. The molecule has 1 saturated heterocycles. The Hall–Kier alpha value is -2.28. The minimum Gasteiger partial charge on any atom is -0.352 e. The van der Waals surface area contributed by atoms with Crippen molar-refractivity contribution in [3.05, 3.63) is 47.3 Å². The van der Waals surface area contributed by atoms with Crippen LogP contribution in [0.15, 0.2) is 24.3 Å². The Morgan fingerprint density at radius 3 is 2.63 bits per heavy atom. The van der Waals surface area contributed by atoms with Crippen LogP contribution in [0, 0.1) is 11.7 Å². The van der Waals surface area contributed by atoms with Crippen LogP contribution in [0.2, 0.25) is 0 Å². The van der Waals surface area contributed by atoms with Gasteiger partial charge in [0.05, 0.1) is 0 Å². The molecule has 1 N–H and O–H groups in total. The van der Waals surface area contributed by atoms with Gasteiger partial charge in [-0.1, -0.05) is 0 Å². The zero-order valence-corrected chi connectivity index (χ0v) is 16.1. The van der Waals surface area contributed by atoms with E-state index in [1.54, 1.807) is 0 Å². The Bertz CT molecular complexity index is 750. The van der Waals surface area contributed by atoms with Gasteiger partial charge in [0, 0.05) is 31.5 Å². The van der Waals surface area contributed by atoms with E-state index in [4.69, 9.17) is 4.98 Å². The Morgan fingerprint density at radius 2 is 1.96 bits per heavy atom. The number of amides is 1. The van der Waals surface area contributed by atoms with Crippen LogP contribution in [0.3, 0.4) is 0 Å². The number of carbonyl (C=O) groups is 1. The van der Waals surface area contributed by atoms with Crippen molar-refractivity contribution in [2.45, 2.75) is 39.2 Å². The summed E-state index contributed by atoms with van der Waals surface area (Å²) in [6.07, 6.45) is 3.94. The van der Waals surface area contributed by atoms with Crippen molar-refractivity contribution in [1.29, 1.82) is 0 Å². The van der Waals surface area contributed by atoms with E-state index < -0.39 is 0 Å². The van der Waals surface area contributed by atoms with E-state index in [1.165, 1.54) is 37.1 Å². The zero-order chi connectivity index (χ0) is 19.2. The summed E-state index contributed by atoms with van der Waals surface area (Å²) in [6, 6.07) is 5.55. The molecule has 1 aliphatic rings. The molecule has 146 valence electrons. The van der Waals surface area contributed by atoms with Gasteiger partial charge in [0.1, 0.15) is 11.6 Å². The van der Waals surface area contributed by atoms with Gasteiger partial charge in [0.2, 0.25) is 0 Å². The van der Waals surface area contributed by atoms with Crippen LogP contribution >= 0.6 is 0 Å². The average molecular weight is 373 g/mol. The molecule has 1 fully saturated rings. The van der Waals surface area contributed by atoms with Crippen LogP contribution in [-0.2, 0) is 19.4 Å². The summed E-state index contributed by atoms with van der Waals surface area (Å²) in [5, 5.41) is 7.51. The van der Waals surface area contributed by atoms with Crippen molar-refractivity contribution >= 4 is 5.91 Å². The number of aromatic nitrogens is 3. The van der Waals surface area contributed by atoms with Gasteiger partial charge in [-0.15, -0.1) is 0 Å². The number of benzene rings is 1. The summed E-state index contributed by atoms with van der Waals surface area (Å²) in [5.74, 6) is 1.91. The molecule has 0 aliphatic carbocycles.